The number of halogens is 2. The maximum Gasteiger partial charge on any atom is 0.364 e. The van der Waals surface area contributed by atoms with Crippen molar-refractivity contribution in [2.45, 2.75) is 64.2 Å². The van der Waals surface area contributed by atoms with E-state index in [1.54, 1.807) is 0 Å². The summed E-state index contributed by atoms with van der Waals surface area (Å²) in [7, 11) is 0. The van der Waals surface area contributed by atoms with E-state index in [4.69, 9.17) is 10.8 Å². The molecule has 0 atom stereocenters. The summed E-state index contributed by atoms with van der Waals surface area (Å²) in [5.74, 6) is -2.50. The van der Waals surface area contributed by atoms with Gasteiger partial charge in [-0.05, 0) is 31.9 Å². The van der Waals surface area contributed by atoms with Gasteiger partial charge in [-0.15, -0.1) is 12.4 Å². The highest BCUT2D eigenvalue weighted by molar-refractivity contribution is 5.85. The van der Waals surface area contributed by atoms with E-state index in [1.807, 2.05) is 0 Å². The largest absolute Gasteiger partial charge is 0.476 e. The molecule has 114 valence electrons. The molecule has 0 aromatic rings. The zero-order valence-corrected chi connectivity index (χ0v) is 12.4. The second-order valence-electron chi connectivity index (χ2n) is 4.62. The third-order valence-electron chi connectivity index (χ3n) is 2.94. The van der Waals surface area contributed by atoms with Crippen molar-refractivity contribution in [1.29, 1.82) is 0 Å². The molecule has 0 unspecified atom stereocenters. The van der Waals surface area contributed by atoms with Crippen LogP contribution in [0.5, 0.6) is 0 Å². The molecule has 0 saturated carbocycles. The predicted molar refractivity (Wildman–Crippen MR) is 79.3 cm³/mol. The van der Waals surface area contributed by atoms with Crippen LogP contribution in [-0.2, 0) is 4.79 Å². The molecule has 0 aliphatic rings. The molecule has 0 aliphatic carbocycles. The summed E-state index contributed by atoms with van der Waals surface area (Å²) in [6.07, 6.45) is 12.1. The molecule has 3 N–H and O–H groups in total. The Balaban J connectivity index is 0. The maximum absolute atomic E-state index is 12.6. The summed E-state index contributed by atoms with van der Waals surface area (Å²) in [6, 6.07) is 0. The SMILES string of the molecule is Cl.NCCCCCCCCCCCC=C(F)C(=O)O. The van der Waals surface area contributed by atoms with Gasteiger partial charge in [-0.2, -0.15) is 4.39 Å². The van der Waals surface area contributed by atoms with E-state index in [1.165, 1.54) is 32.1 Å². The smallest absolute Gasteiger partial charge is 0.364 e. The Morgan fingerprint density at radius 3 is 1.79 bits per heavy atom. The number of nitrogens with two attached hydrogens (primary N) is 1. The summed E-state index contributed by atoms with van der Waals surface area (Å²) in [6.45, 7) is 0.792. The fourth-order valence-electron chi connectivity index (χ4n) is 1.84. The van der Waals surface area contributed by atoms with Crippen LogP contribution in [0.2, 0.25) is 0 Å². The van der Waals surface area contributed by atoms with Gasteiger partial charge >= 0.3 is 5.97 Å². The molecule has 0 aromatic carbocycles. The number of unbranched alkanes of at least 4 members (excludes halogenated alkanes) is 9. The topological polar surface area (TPSA) is 63.3 Å². The Bertz CT molecular complexity index is 248. The van der Waals surface area contributed by atoms with E-state index in [0.717, 1.165) is 38.3 Å². The fraction of sp³-hybridized carbons (Fsp3) is 0.786. The van der Waals surface area contributed by atoms with Crippen molar-refractivity contribution in [2.24, 2.45) is 5.73 Å². The number of rotatable bonds is 12. The lowest BCUT2D eigenvalue weighted by Gasteiger charge is -2.01. The first-order valence-corrected chi connectivity index (χ1v) is 6.97. The number of hydrogen-bond donors (Lipinski definition) is 2. The Morgan fingerprint density at radius 2 is 1.37 bits per heavy atom. The Hall–Kier alpha value is -0.610. The van der Waals surface area contributed by atoms with Crippen LogP contribution in [0, 0.1) is 0 Å². The second kappa shape index (κ2) is 15.4. The Morgan fingerprint density at radius 1 is 0.947 bits per heavy atom. The van der Waals surface area contributed by atoms with Crippen molar-refractivity contribution in [3.63, 3.8) is 0 Å². The molecule has 0 rings (SSSR count). The van der Waals surface area contributed by atoms with Crippen molar-refractivity contribution in [2.75, 3.05) is 6.54 Å². The number of carboxylic acids is 1. The minimum absolute atomic E-state index is 0. The third kappa shape index (κ3) is 15.3. The molecule has 0 heterocycles. The van der Waals surface area contributed by atoms with Gasteiger partial charge in [0.05, 0.1) is 0 Å². The van der Waals surface area contributed by atoms with Crippen LogP contribution in [-0.4, -0.2) is 17.6 Å². The lowest BCUT2D eigenvalue weighted by atomic mass is 10.1. The lowest BCUT2D eigenvalue weighted by molar-refractivity contribution is -0.134. The fourth-order valence-corrected chi connectivity index (χ4v) is 1.84. The molecule has 0 radical (unpaired) electrons. The number of hydrogen-bond acceptors (Lipinski definition) is 2. The quantitative estimate of drug-likeness (QED) is 0.419. The van der Waals surface area contributed by atoms with Crippen molar-refractivity contribution < 1.29 is 14.3 Å². The molecule has 0 aromatic heterocycles. The first-order chi connectivity index (χ1) is 8.68. The van der Waals surface area contributed by atoms with Gasteiger partial charge in [0.1, 0.15) is 0 Å². The normalized spacial score (nSPS) is 11.2. The Kier molecular flexibility index (Phi) is 16.8. The standard InChI is InChI=1S/C14H26FNO2.ClH/c15-13(14(17)18)11-9-7-5-3-1-2-4-6-8-10-12-16;/h11H,1-10,12,16H2,(H,17,18);1H. The Labute approximate surface area is 121 Å². The summed E-state index contributed by atoms with van der Waals surface area (Å²) in [5, 5.41) is 8.29. The van der Waals surface area contributed by atoms with Crippen molar-refractivity contribution in [3.05, 3.63) is 11.9 Å². The van der Waals surface area contributed by atoms with Crippen LogP contribution in [0.4, 0.5) is 4.39 Å². The van der Waals surface area contributed by atoms with Gasteiger partial charge in [0.25, 0.3) is 0 Å². The molecular formula is C14H27ClFNO2. The zero-order valence-electron chi connectivity index (χ0n) is 11.6. The highest BCUT2D eigenvalue weighted by Crippen LogP contribution is 2.11. The number of aliphatic carboxylic acids is 1. The van der Waals surface area contributed by atoms with Crippen molar-refractivity contribution >= 4 is 18.4 Å². The van der Waals surface area contributed by atoms with Crippen molar-refractivity contribution in [1.82, 2.24) is 0 Å². The predicted octanol–water partition coefficient (Wildman–Crippen LogP) is 4.21. The van der Waals surface area contributed by atoms with E-state index in [-0.39, 0.29) is 12.4 Å². The van der Waals surface area contributed by atoms with Crippen LogP contribution < -0.4 is 5.73 Å². The first kappa shape index (κ1) is 20.7. The summed E-state index contributed by atoms with van der Waals surface area (Å²) in [5.41, 5.74) is 5.41. The van der Waals surface area contributed by atoms with Gasteiger partial charge in [0, 0.05) is 0 Å². The molecule has 0 bridgehead atoms. The minimum atomic E-state index is -1.47. The number of carbonyl (C=O) groups is 1. The monoisotopic (exact) mass is 295 g/mol. The van der Waals surface area contributed by atoms with Crippen molar-refractivity contribution in [3.8, 4) is 0 Å². The molecule has 3 nitrogen and oxygen atoms in total. The average Bonchev–Trinajstić information content (AvgIpc) is 2.35. The zero-order chi connectivity index (χ0) is 13.6. The molecular weight excluding hydrogens is 269 g/mol. The van der Waals surface area contributed by atoms with Gasteiger partial charge in [-0.25, -0.2) is 4.79 Å². The summed E-state index contributed by atoms with van der Waals surface area (Å²) < 4.78 is 12.6. The lowest BCUT2D eigenvalue weighted by Crippen LogP contribution is -1.97. The third-order valence-corrected chi connectivity index (χ3v) is 2.94. The van der Waals surface area contributed by atoms with E-state index in [0.29, 0.717) is 6.42 Å². The molecule has 0 amide bonds. The maximum atomic E-state index is 12.6. The number of carboxylic acid groups (broad SMARTS) is 1. The molecule has 19 heavy (non-hydrogen) atoms. The van der Waals surface area contributed by atoms with Gasteiger partial charge in [0.2, 0.25) is 5.83 Å². The molecule has 5 heteroatoms. The van der Waals surface area contributed by atoms with Gasteiger partial charge in [0.15, 0.2) is 0 Å². The molecule has 0 fully saturated rings. The van der Waals surface area contributed by atoms with Crippen LogP contribution in [0.1, 0.15) is 64.2 Å². The van der Waals surface area contributed by atoms with Gasteiger partial charge < -0.3 is 10.8 Å². The van der Waals surface area contributed by atoms with Crippen LogP contribution in [0.3, 0.4) is 0 Å². The highest BCUT2D eigenvalue weighted by atomic mass is 35.5. The van der Waals surface area contributed by atoms with E-state index in [9.17, 15) is 9.18 Å². The van der Waals surface area contributed by atoms with Crippen LogP contribution >= 0.6 is 12.4 Å². The van der Waals surface area contributed by atoms with E-state index >= 15 is 0 Å². The second-order valence-corrected chi connectivity index (χ2v) is 4.62. The molecule has 0 aliphatic heterocycles. The van der Waals surface area contributed by atoms with Gasteiger partial charge in [-0.3, -0.25) is 0 Å². The summed E-state index contributed by atoms with van der Waals surface area (Å²) in [4.78, 5) is 10.2. The summed E-state index contributed by atoms with van der Waals surface area (Å²) >= 11 is 0. The van der Waals surface area contributed by atoms with Gasteiger partial charge in [-0.1, -0.05) is 44.9 Å². The van der Waals surface area contributed by atoms with Crippen LogP contribution in [0.15, 0.2) is 11.9 Å². The highest BCUT2D eigenvalue weighted by Gasteiger charge is 2.02. The minimum Gasteiger partial charge on any atom is -0.476 e. The van der Waals surface area contributed by atoms with Crippen LogP contribution in [0.25, 0.3) is 0 Å². The number of allylic oxidation sites excluding steroid dienone is 1. The molecule has 0 spiro atoms. The van der Waals surface area contributed by atoms with E-state index < -0.39 is 11.8 Å². The molecule has 0 saturated heterocycles. The average molecular weight is 296 g/mol. The van der Waals surface area contributed by atoms with E-state index in [2.05, 4.69) is 0 Å². The first-order valence-electron chi connectivity index (χ1n) is 6.97.